The molecule has 0 aliphatic carbocycles. The van der Waals surface area contributed by atoms with Gasteiger partial charge in [-0.25, -0.2) is 8.42 Å². The van der Waals surface area contributed by atoms with Gasteiger partial charge in [0, 0.05) is 17.3 Å². The maximum Gasteiger partial charge on any atom is 0.296 e. The number of rotatable bonds is 24. The van der Waals surface area contributed by atoms with E-state index in [1.807, 2.05) is 32.0 Å². The van der Waals surface area contributed by atoms with Crippen LogP contribution in [0, 0.1) is 13.8 Å². The molecule has 8 aromatic rings. The molecule has 0 bridgehead atoms. The molecule has 0 unspecified atom stereocenters. The molecule has 0 aliphatic rings. The Morgan fingerprint density at radius 2 is 0.667 bits per heavy atom. The highest BCUT2D eigenvalue weighted by molar-refractivity contribution is 8.13. The Hall–Kier alpha value is -6.21. The van der Waals surface area contributed by atoms with E-state index in [1.54, 1.807) is 36.4 Å². The van der Waals surface area contributed by atoms with Gasteiger partial charge >= 0.3 is 0 Å². The van der Waals surface area contributed by atoms with E-state index in [0.717, 1.165) is 69.2 Å². The van der Waals surface area contributed by atoms with E-state index in [0.29, 0.717) is 6.42 Å². The second kappa shape index (κ2) is 29.8. The van der Waals surface area contributed by atoms with E-state index < -0.39 is 24.7 Å². The van der Waals surface area contributed by atoms with Gasteiger partial charge in [0.15, 0.2) is 0 Å². The van der Waals surface area contributed by atoms with Crippen molar-refractivity contribution >= 4 is 29.9 Å². The molecule has 0 aliphatic heterocycles. The second-order valence-electron chi connectivity index (χ2n) is 18.4. The minimum atomic E-state index is -3.70. The van der Waals surface area contributed by atoms with Crippen LogP contribution in [0.4, 0.5) is 0 Å². The Labute approximate surface area is 451 Å². The maximum atomic E-state index is 12.4. The van der Waals surface area contributed by atoms with E-state index in [2.05, 4.69) is 174 Å². The van der Waals surface area contributed by atoms with Crippen LogP contribution in [0.2, 0.25) is 0 Å². The lowest BCUT2D eigenvalue weighted by Gasteiger charge is -2.37. The van der Waals surface area contributed by atoms with Gasteiger partial charge in [-0.1, -0.05) is 243 Å². The predicted molar refractivity (Wildman–Crippen MR) is 307 cm³/mol. The summed E-state index contributed by atoms with van der Waals surface area (Å²) in [4.78, 5) is 0.353. The van der Waals surface area contributed by atoms with Crippen LogP contribution in [-0.2, 0) is 34.4 Å². The Morgan fingerprint density at radius 1 is 0.387 bits per heavy atom. The fraction of sp³-hybridized carbons (Fsp3) is 0.250. The Bertz CT molecular complexity index is 2870. The standard InChI is InChI=1S/C32H35NO3S.C25H29NO.C7H7ClO2S/c1-27-21-23-31(24-22-27)37(34,35)36-26-14-3-2-13-25-33-32(28-15-7-4-8-16-28,29-17-9-5-10-18-29)30-19-11-6-12-20-30;27-21-13-2-1-12-20-26-25(22-14-6-3-7-15-22,23-16-8-4-9-17-23)24-18-10-5-11-19-24;1-6-2-4-7(5-3-6)11(8,9)10/h4-12,15-24,33H,2-3,13-14,25-26H2,1H3;3-11,14-19,26-27H,1-2,12-13,20-21H2;2-5H,1H3. The summed E-state index contributed by atoms with van der Waals surface area (Å²) in [5, 5.41) is 16.8. The molecule has 0 heterocycles. The third-order valence-electron chi connectivity index (χ3n) is 13.0. The molecule has 0 aromatic heterocycles. The molecular formula is C64H71ClN2O6S2. The van der Waals surface area contributed by atoms with Crippen LogP contribution in [0.25, 0.3) is 0 Å². The van der Waals surface area contributed by atoms with Crippen molar-refractivity contribution in [2.45, 2.75) is 86.1 Å². The third kappa shape index (κ3) is 16.9. The van der Waals surface area contributed by atoms with Crippen molar-refractivity contribution in [3.63, 3.8) is 0 Å². The summed E-state index contributed by atoms with van der Waals surface area (Å²) in [6.07, 6.45) is 7.74. The summed E-state index contributed by atoms with van der Waals surface area (Å²) < 4.78 is 51.4. The molecule has 8 aromatic carbocycles. The normalized spacial score (nSPS) is 11.7. The quantitative estimate of drug-likeness (QED) is 0.0237. The van der Waals surface area contributed by atoms with Crippen LogP contribution in [0.15, 0.2) is 240 Å². The van der Waals surface area contributed by atoms with Crippen LogP contribution in [-0.4, -0.2) is 48.2 Å². The zero-order chi connectivity index (χ0) is 53.3. The molecule has 0 saturated heterocycles. The minimum absolute atomic E-state index is 0.143. The number of aliphatic hydroxyl groups excluding tert-OH is 1. The van der Waals surface area contributed by atoms with Gasteiger partial charge in [0.05, 0.1) is 27.5 Å². The van der Waals surface area contributed by atoms with Crippen molar-refractivity contribution in [2.24, 2.45) is 0 Å². The van der Waals surface area contributed by atoms with Crippen LogP contribution < -0.4 is 10.6 Å². The summed E-state index contributed by atoms with van der Waals surface area (Å²) in [7, 11) is -2.16. The second-order valence-corrected chi connectivity index (χ2v) is 22.6. The van der Waals surface area contributed by atoms with E-state index >= 15 is 0 Å². The Balaban J connectivity index is 0.000000209. The zero-order valence-corrected chi connectivity index (χ0v) is 45.5. The van der Waals surface area contributed by atoms with Crippen molar-refractivity contribution in [3.05, 3.63) is 275 Å². The first kappa shape index (κ1) is 58.1. The van der Waals surface area contributed by atoms with Crippen molar-refractivity contribution in [3.8, 4) is 0 Å². The average Bonchev–Trinajstić information content (AvgIpc) is 3.44. The van der Waals surface area contributed by atoms with Gasteiger partial charge in [-0.3, -0.25) is 14.8 Å². The number of aliphatic hydroxyl groups is 1. The number of hydrogen-bond acceptors (Lipinski definition) is 8. The molecule has 11 heteroatoms. The fourth-order valence-electron chi connectivity index (χ4n) is 9.11. The van der Waals surface area contributed by atoms with Crippen LogP contribution >= 0.6 is 10.7 Å². The molecule has 0 spiro atoms. The van der Waals surface area contributed by atoms with Crippen molar-refractivity contribution in [1.29, 1.82) is 0 Å². The largest absolute Gasteiger partial charge is 0.396 e. The zero-order valence-electron chi connectivity index (χ0n) is 43.1. The van der Waals surface area contributed by atoms with Gasteiger partial charge in [-0.2, -0.15) is 8.42 Å². The lowest BCUT2D eigenvalue weighted by molar-refractivity contribution is 0.282. The van der Waals surface area contributed by atoms with Gasteiger partial charge < -0.3 is 5.11 Å². The maximum absolute atomic E-state index is 12.4. The van der Waals surface area contributed by atoms with Crippen LogP contribution in [0.1, 0.15) is 95.9 Å². The fourth-order valence-corrected chi connectivity index (χ4v) is 10.8. The molecule has 0 atom stereocenters. The molecular weight excluding hydrogens is 992 g/mol. The summed E-state index contributed by atoms with van der Waals surface area (Å²) >= 11 is 0. The summed E-state index contributed by atoms with van der Waals surface area (Å²) in [5.41, 5.74) is 8.52. The molecule has 0 fully saturated rings. The van der Waals surface area contributed by atoms with Gasteiger partial charge in [-0.15, -0.1) is 0 Å². The van der Waals surface area contributed by atoms with Crippen molar-refractivity contribution < 1.29 is 26.1 Å². The monoisotopic (exact) mass is 1060 g/mol. The van der Waals surface area contributed by atoms with Crippen molar-refractivity contribution in [2.75, 3.05) is 26.3 Å². The van der Waals surface area contributed by atoms with Crippen LogP contribution in [0.5, 0.6) is 0 Å². The molecule has 75 heavy (non-hydrogen) atoms. The van der Waals surface area contributed by atoms with E-state index in [1.165, 1.54) is 45.5 Å². The highest BCUT2D eigenvalue weighted by Crippen LogP contribution is 2.38. The third-order valence-corrected chi connectivity index (χ3v) is 15.7. The smallest absolute Gasteiger partial charge is 0.296 e. The first-order chi connectivity index (χ1) is 36.4. The number of hydrogen-bond donors (Lipinski definition) is 3. The van der Waals surface area contributed by atoms with E-state index in [-0.39, 0.29) is 28.5 Å². The molecule has 3 N–H and O–H groups in total. The highest BCUT2D eigenvalue weighted by Gasteiger charge is 2.36. The summed E-state index contributed by atoms with van der Waals surface area (Å²) in [6.45, 7) is 6.03. The van der Waals surface area contributed by atoms with E-state index in [4.69, 9.17) is 20.0 Å². The average molecular weight is 1060 g/mol. The van der Waals surface area contributed by atoms with Gasteiger partial charge in [0.1, 0.15) is 0 Å². The minimum Gasteiger partial charge on any atom is -0.396 e. The summed E-state index contributed by atoms with van der Waals surface area (Å²) in [6, 6.07) is 77.0. The predicted octanol–water partition coefficient (Wildman–Crippen LogP) is 13.9. The lowest BCUT2D eigenvalue weighted by Crippen LogP contribution is -2.45. The first-order valence-corrected chi connectivity index (χ1v) is 29.5. The molecule has 0 amide bonds. The Morgan fingerprint density at radius 3 is 0.960 bits per heavy atom. The first-order valence-electron chi connectivity index (χ1n) is 25.8. The van der Waals surface area contributed by atoms with Gasteiger partial charge in [0.2, 0.25) is 0 Å². The number of benzene rings is 8. The van der Waals surface area contributed by atoms with Crippen molar-refractivity contribution in [1.82, 2.24) is 10.6 Å². The number of nitrogens with one attached hydrogen (secondary N) is 2. The highest BCUT2D eigenvalue weighted by atomic mass is 35.7. The summed E-state index contributed by atoms with van der Waals surface area (Å²) in [5.74, 6) is 0. The molecule has 0 radical (unpaired) electrons. The van der Waals surface area contributed by atoms with Gasteiger partial charge in [-0.05, 0) is 110 Å². The molecule has 8 rings (SSSR count). The topological polar surface area (TPSA) is 122 Å². The van der Waals surface area contributed by atoms with E-state index in [9.17, 15) is 16.8 Å². The lowest BCUT2D eigenvalue weighted by atomic mass is 9.77. The van der Waals surface area contributed by atoms with Crippen LogP contribution in [0.3, 0.4) is 0 Å². The molecule has 0 saturated carbocycles. The number of halogens is 1. The molecule has 392 valence electrons. The molecule has 8 nitrogen and oxygen atoms in total. The SMILES string of the molecule is Cc1ccc(S(=O)(=O)Cl)cc1.Cc1ccc(S(=O)(=O)OCCCCCCNC(c2ccccc2)(c2ccccc2)c2ccccc2)cc1.OCCCCCCNC(c1ccccc1)(c1ccccc1)c1ccccc1. The number of aryl methyl sites for hydroxylation is 2. The Kier molecular flexibility index (Phi) is 23.0. The van der Waals surface area contributed by atoms with Gasteiger partial charge in [0.25, 0.3) is 19.2 Å². The number of unbranched alkanes of at least 4 members (excludes halogenated alkanes) is 6.